The second-order valence-corrected chi connectivity index (χ2v) is 8.76. The average Bonchev–Trinajstić information content (AvgIpc) is 3.49. The predicted molar refractivity (Wildman–Crippen MR) is 145 cm³/mol. The Morgan fingerprint density at radius 1 is 0.769 bits per heavy atom. The Hall–Kier alpha value is -5.02. The third-order valence-corrected chi connectivity index (χ3v) is 5.97. The molecule has 39 heavy (non-hydrogen) atoms. The van der Waals surface area contributed by atoms with Crippen molar-refractivity contribution in [3.63, 3.8) is 0 Å². The summed E-state index contributed by atoms with van der Waals surface area (Å²) in [6, 6.07) is 25.5. The van der Waals surface area contributed by atoms with Crippen LogP contribution in [0.3, 0.4) is 0 Å². The minimum Gasteiger partial charge on any atom is -0.480 e. The minimum atomic E-state index is -1.06. The highest BCUT2D eigenvalue weighted by Gasteiger charge is 2.19. The van der Waals surface area contributed by atoms with Crippen LogP contribution >= 0.6 is 0 Å². The highest BCUT2D eigenvalue weighted by Crippen LogP contribution is 2.22. The molecule has 0 bridgehead atoms. The Morgan fingerprint density at radius 2 is 1.44 bits per heavy atom. The van der Waals surface area contributed by atoms with Gasteiger partial charge in [-0.15, -0.1) is 0 Å². The van der Waals surface area contributed by atoms with Gasteiger partial charge in [0.25, 0.3) is 11.8 Å². The summed E-state index contributed by atoms with van der Waals surface area (Å²) in [5, 5.41) is 17.4. The molecule has 0 saturated heterocycles. The monoisotopic (exact) mass is 525 g/mol. The van der Waals surface area contributed by atoms with E-state index in [9.17, 15) is 24.3 Å². The smallest absolute Gasteiger partial charge is 0.320 e. The summed E-state index contributed by atoms with van der Waals surface area (Å²) in [5.41, 5.74) is 3.55. The molecule has 1 heterocycles. The summed E-state index contributed by atoms with van der Waals surface area (Å²) >= 11 is 0. The molecule has 4 N–H and O–H groups in total. The number of aliphatic carboxylic acids is 1. The molecular weight excluding hydrogens is 498 g/mol. The number of amides is 3. The number of benzene rings is 3. The molecular formula is C30H27N3O6. The van der Waals surface area contributed by atoms with Crippen LogP contribution in [0, 0.1) is 0 Å². The van der Waals surface area contributed by atoms with Crippen molar-refractivity contribution >= 4 is 29.4 Å². The van der Waals surface area contributed by atoms with Crippen LogP contribution in [-0.4, -0.2) is 34.8 Å². The molecule has 0 aliphatic carbocycles. The summed E-state index contributed by atoms with van der Waals surface area (Å²) in [7, 11) is 0. The van der Waals surface area contributed by atoms with Crippen LogP contribution in [-0.2, 0) is 16.1 Å². The highest BCUT2D eigenvalue weighted by molar-refractivity contribution is 6.05. The van der Waals surface area contributed by atoms with Gasteiger partial charge < -0.3 is 20.2 Å². The number of carboxylic acids is 1. The topological polar surface area (TPSA) is 138 Å². The van der Waals surface area contributed by atoms with E-state index in [1.807, 2.05) is 42.5 Å². The van der Waals surface area contributed by atoms with Crippen LogP contribution in [0.1, 0.15) is 39.3 Å². The summed E-state index contributed by atoms with van der Waals surface area (Å²) < 4.78 is 5.08. The lowest BCUT2D eigenvalue weighted by Gasteiger charge is -2.14. The minimum absolute atomic E-state index is 0.0399. The van der Waals surface area contributed by atoms with Crippen molar-refractivity contribution in [2.75, 3.05) is 5.32 Å². The summed E-state index contributed by atoms with van der Waals surface area (Å²) in [6.07, 6.45) is 1.35. The third kappa shape index (κ3) is 7.73. The van der Waals surface area contributed by atoms with E-state index in [1.165, 1.54) is 6.26 Å². The number of carbonyl (C=O) groups is 4. The zero-order chi connectivity index (χ0) is 27.6. The normalized spacial score (nSPS) is 11.4. The lowest BCUT2D eigenvalue weighted by Crippen LogP contribution is -2.38. The molecule has 4 rings (SSSR count). The van der Waals surface area contributed by atoms with Gasteiger partial charge in [0.2, 0.25) is 5.91 Å². The molecule has 0 spiro atoms. The molecule has 0 fully saturated rings. The lowest BCUT2D eigenvalue weighted by molar-refractivity contribution is -0.139. The number of anilines is 1. The molecule has 1 aromatic heterocycles. The summed E-state index contributed by atoms with van der Waals surface area (Å²) in [5.74, 6) is -2.31. The van der Waals surface area contributed by atoms with Gasteiger partial charge >= 0.3 is 5.97 Å². The standard InChI is InChI=1S/C30H27N3O6/c34-27(17-16-25(30(37)38)31-19-20-5-2-1-3-6-20)33-28(35)23-10-8-21(9-11-23)22-12-14-24(15-13-22)32-29(36)26-7-4-18-39-26/h1-15,18,25,31H,16-17,19H2,(H,32,36)(H,37,38)(H,33,34,35)/t25-/m0/s1. The van der Waals surface area contributed by atoms with E-state index in [0.29, 0.717) is 17.8 Å². The molecule has 0 radical (unpaired) electrons. The zero-order valence-electron chi connectivity index (χ0n) is 20.9. The van der Waals surface area contributed by atoms with Crippen LogP contribution in [0.15, 0.2) is 102 Å². The maximum atomic E-state index is 12.5. The van der Waals surface area contributed by atoms with E-state index in [1.54, 1.807) is 48.5 Å². The predicted octanol–water partition coefficient (Wildman–Crippen LogP) is 4.48. The van der Waals surface area contributed by atoms with E-state index in [0.717, 1.165) is 16.7 Å². The van der Waals surface area contributed by atoms with Gasteiger partial charge in [-0.1, -0.05) is 54.6 Å². The molecule has 3 aromatic carbocycles. The van der Waals surface area contributed by atoms with Crippen molar-refractivity contribution in [1.82, 2.24) is 10.6 Å². The van der Waals surface area contributed by atoms with Crippen LogP contribution in [0.5, 0.6) is 0 Å². The van der Waals surface area contributed by atoms with Crippen LogP contribution in [0.4, 0.5) is 5.69 Å². The first kappa shape index (κ1) is 27.0. The number of hydrogen-bond acceptors (Lipinski definition) is 6. The molecule has 0 aliphatic rings. The van der Waals surface area contributed by atoms with Gasteiger partial charge in [-0.05, 0) is 59.5 Å². The molecule has 0 saturated carbocycles. The lowest BCUT2D eigenvalue weighted by atomic mass is 10.0. The molecule has 1 atom stereocenters. The van der Waals surface area contributed by atoms with Crippen molar-refractivity contribution in [1.29, 1.82) is 0 Å². The fourth-order valence-electron chi connectivity index (χ4n) is 3.85. The van der Waals surface area contributed by atoms with Crippen LogP contribution in [0.2, 0.25) is 0 Å². The van der Waals surface area contributed by atoms with E-state index in [4.69, 9.17) is 4.42 Å². The second-order valence-electron chi connectivity index (χ2n) is 8.76. The fourth-order valence-corrected chi connectivity index (χ4v) is 3.85. The van der Waals surface area contributed by atoms with Gasteiger partial charge in [0.05, 0.1) is 6.26 Å². The van der Waals surface area contributed by atoms with E-state index >= 15 is 0 Å². The number of furan rings is 1. The molecule has 198 valence electrons. The van der Waals surface area contributed by atoms with Crippen molar-refractivity contribution in [2.45, 2.75) is 25.4 Å². The van der Waals surface area contributed by atoms with Crippen molar-refractivity contribution < 1.29 is 28.7 Å². The zero-order valence-corrected chi connectivity index (χ0v) is 20.9. The largest absolute Gasteiger partial charge is 0.480 e. The quantitative estimate of drug-likeness (QED) is 0.227. The molecule has 0 unspecified atom stereocenters. The number of carbonyl (C=O) groups excluding carboxylic acids is 3. The number of rotatable bonds is 11. The molecule has 4 aromatic rings. The fraction of sp³-hybridized carbons (Fsp3) is 0.133. The first-order valence-corrected chi connectivity index (χ1v) is 12.3. The number of imide groups is 1. The van der Waals surface area contributed by atoms with Crippen molar-refractivity contribution in [2.24, 2.45) is 0 Å². The first-order chi connectivity index (χ1) is 18.9. The van der Waals surface area contributed by atoms with E-state index < -0.39 is 23.8 Å². The van der Waals surface area contributed by atoms with Gasteiger partial charge in [-0.3, -0.25) is 24.5 Å². The summed E-state index contributed by atoms with van der Waals surface area (Å²) in [6.45, 7) is 0.354. The molecule has 9 nitrogen and oxygen atoms in total. The second kappa shape index (κ2) is 13.0. The van der Waals surface area contributed by atoms with Crippen molar-refractivity contribution in [3.05, 3.63) is 114 Å². The Labute approximate surface area is 224 Å². The third-order valence-electron chi connectivity index (χ3n) is 5.97. The SMILES string of the molecule is O=C(CC[C@H](NCc1ccccc1)C(=O)O)NC(=O)c1ccc(-c2ccc(NC(=O)c3ccco3)cc2)cc1. The Balaban J connectivity index is 1.26. The first-order valence-electron chi connectivity index (χ1n) is 12.3. The van der Waals surface area contributed by atoms with Gasteiger partial charge in [0.15, 0.2) is 5.76 Å². The van der Waals surface area contributed by atoms with E-state index in [2.05, 4.69) is 16.0 Å². The van der Waals surface area contributed by atoms with Gasteiger partial charge in [-0.2, -0.15) is 0 Å². The Morgan fingerprint density at radius 3 is 2.05 bits per heavy atom. The highest BCUT2D eigenvalue weighted by atomic mass is 16.4. The van der Waals surface area contributed by atoms with Crippen LogP contribution < -0.4 is 16.0 Å². The molecule has 0 aliphatic heterocycles. The Bertz CT molecular complexity index is 1420. The molecule has 3 amide bonds. The Kier molecular flexibility index (Phi) is 8.99. The van der Waals surface area contributed by atoms with Gasteiger partial charge in [0.1, 0.15) is 6.04 Å². The average molecular weight is 526 g/mol. The van der Waals surface area contributed by atoms with Crippen molar-refractivity contribution in [3.8, 4) is 11.1 Å². The van der Waals surface area contributed by atoms with Crippen LogP contribution in [0.25, 0.3) is 11.1 Å². The maximum absolute atomic E-state index is 12.5. The number of hydrogen-bond donors (Lipinski definition) is 4. The maximum Gasteiger partial charge on any atom is 0.320 e. The van der Waals surface area contributed by atoms with Gasteiger partial charge in [0, 0.05) is 24.2 Å². The summed E-state index contributed by atoms with van der Waals surface area (Å²) in [4.78, 5) is 48.5. The van der Waals surface area contributed by atoms with Gasteiger partial charge in [-0.25, -0.2) is 0 Å². The number of carboxylic acid groups (broad SMARTS) is 1. The number of nitrogens with one attached hydrogen (secondary N) is 3. The molecule has 9 heteroatoms. The van der Waals surface area contributed by atoms with E-state index in [-0.39, 0.29) is 24.5 Å².